The number of ether oxygens (including phenoxy) is 1. The normalized spacial score (nSPS) is 15.4. The third-order valence-corrected chi connectivity index (χ3v) is 4.89. The highest BCUT2D eigenvalue weighted by molar-refractivity contribution is 6.00. The van der Waals surface area contributed by atoms with Crippen molar-refractivity contribution in [3.8, 4) is 5.88 Å². The molecule has 172 valence electrons. The van der Waals surface area contributed by atoms with Gasteiger partial charge < -0.3 is 19.4 Å². The van der Waals surface area contributed by atoms with Crippen LogP contribution in [0, 0.1) is 12.3 Å². The molecule has 0 spiro atoms. The number of hydrogen-bond donors (Lipinski definition) is 1. The Morgan fingerprint density at radius 1 is 1.19 bits per heavy atom. The van der Waals surface area contributed by atoms with E-state index in [4.69, 9.17) is 14.4 Å². The fourth-order valence-corrected chi connectivity index (χ4v) is 3.19. The molecule has 9 nitrogen and oxygen atoms in total. The number of rotatable bonds is 9. The SMILES string of the molecule is CCOc1cc(=O)[nH]c(/C(C)=N/OCC(C)(C)CO/N=C2\CCCc3ccc(C)nc32)n1. The summed E-state index contributed by atoms with van der Waals surface area (Å²) in [5.41, 5.74) is 3.83. The van der Waals surface area contributed by atoms with Gasteiger partial charge in [0.2, 0.25) is 5.88 Å². The van der Waals surface area contributed by atoms with Gasteiger partial charge in [-0.2, -0.15) is 4.98 Å². The summed E-state index contributed by atoms with van der Waals surface area (Å²) >= 11 is 0. The molecule has 2 heterocycles. The van der Waals surface area contributed by atoms with Crippen LogP contribution in [0.4, 0.5) is 0 Å². The van der Waals surface area contributed by atoms with Crippen LogP contribution in [0.3, 0.4) is 0 Å². The summed E-state index contributed by atoms with van der Waals surface area (Å²) in [6.07, 6.45) is 2.92. The van der Waals surface area contributed by atoms with Crippen LogP contribution < -0.4 is 10.3 Å². The minimum atomic E-state index is -0.334. The van der Waals surface area contributed by atoms with Crippen LogP contribution in [0.1, 0.15) is 63.3 Å². The van der Waals surface area contributed by atoms with Gasteiger partial charge in [0.05, 0.1) is 18.4 Å². The predicted molar refractivity (Wildman–Crippen MR) is 122 cm³/mol. The quantitative estimate of drug-likeness (QED) is 0.472. The molecular formula is C23H31N5O4. The molecule has 0 amide bonds. The lowest BCUT2D eigenvalue weighted by molar-refractivity contribution is -0.000180. The zero-order valence-electron chi connectivity index (χ0n) is 19.4. The number of aromatic amines is 1. The molecule has 2 aromatic heterocycles. The van der Waals surface area contributed by atoms with Gasteiger partial charge in [-0.05, 0) is 51.7 Å². The van der Waals surface area contributed by atoms with Crippen molar-refractivity contribution in [1.82, 2.24) is 15.0 Å². The summed E-state index contributed by atoms with van der Waals surface area (Å²) in [4.78, 5) is 34.5. The molecule has 0 aromatic carbocycles. The molecule has 0 saturated carbocycles. The van der Waals surface area contributed by atoms with Gasteiger partial charge in [0, 0.05) is 11.1 Å². The van der Waals surface area contributed by atoms with Crippen molar-refractivity contribution in [1.29, 1.82) is 0 Å². The van der Waals surface area contributed by atoms with Crippen molar-refractivity contribution in [2.45, 2.75) is 53.9 Å². The molecule has 0 radical (unpaired) electrons. The molecule has 32 heavy (non-hydrogen) atoms. The fourth-order valence-electron chi connectivity index (χ4n) is 3.19. The minimum absolute atomic E-state index is 0.252. The van der Waals surface area contributed by atoms with E-state index in [-0.39, 0.29) is 16.9 Å². The van der Waals surface area contributed by atoms with Crippen LogP contribution in [-0.4, -0.2) is 46.2 Å². The van der Waals surface area contributed by atoms with Crippen LogP contribution in [0.25, 0.3) is 0 Å². The lowest BCUT2D eigenvalue weighted by atomic mass is 9.94. The van der Waals surface area contributed by atoms with Crippen molar-refractivity contribution in [2.24, 2.45) is 15.7 Å². The monoisotopic (exact) mass is 441 g/mol. The zero-order chi connectivity index (χ0) is 23.1. The Morgan fingerprint density at radius 3 is 2.75 bits per heavy atom. The molecule has 1 aliphatic carbocycles. The summed E-state index contributed by atoms with van der Waals surface area (Å²) in [7, 11) is 0. The van der Waals surface area contributed by atoms with E-state index < -0.39 is 0 Å². The molecular weight excluding hydrogens is 410 g/mol. The number of aromatic nitrogens is 3. The third-order valence-electron chi connectivity index (χ3n) is 4.89. The minimum Gasteiger partial charge on any atom is -0.478 e. The standard InChI is InChI=1S/C23H31N5O4/c1-6-30-20-12-19(29)25-22(26-20)16(3)27-31-13-23(4,5)14-32-28-18-9-7-8-17-11-10-15(2)24-21(17)18/h10-12H,6-9,13-14H2,1-5H3,(H,25,26,29)/b27-16+,28-18+. The van der Waals surface area contributed by atoms with Gasteiger partial charge in [0.15, 0.2) is 5.82 Å². The molecule has 0 aliphatic heterocycles. The van der Waals surface area contributed by atoms with Gasteiger partial charge in [-0.1, -0.05) is 30.2 Å². The topological polar surface area (TPSA) is 111 Å². The lowest BCUT2D eigenvalue weighted by Crippen LogP contribution is -2.25. The highest BCUT2D eigenvalue weighted by atomic mass is 16.6. The molecule has 0 fully saturated rings. The van der Waals surface area contributed by atoms with Crippen LogP contribution in [0.15, 0.2) is 33.3 Å². The molecule has 3 rings (SSSR count). The number of hydrogen-bond acceptors (Lipinski definition) is 8. The first-order chi connectivity index (χ1) is 15.3. The summed E-state index contributed by atoms with van der Waals surface area (Å²) in [6, 6.07) is 5.45. The Balaban J connectivity index is 1.57. The van der Waals surface area contributed by atoms with Crippen LogP contribution in [0.2, 0.25) is 0 Å². The highest BCUT2D eigenvalue weighted by Gasteiger charge is 2.22. The molecule has 0 atom stereocenters. The number of fused-ring (bicyclic) bond motifs is 1. The van der Waals surface area contributed by atoms with Crippen molar-refractivity contribution in [3.63, 3.8) is 0 Å². The molecule has 0 bridgehead atoms. The molecule has 0 saturated heterocycles. The second-order valence-electron chi connectivity index (χ2n) is 8.60. The second kappa shape index (κ2) is 10.4. The largest absolute Gasteiger partial charge is 0.478 e. The average Bonchev–Trinajstić information content (AvgIpc) is 2.73. The van der Waals surface area contributed by atoms with Gasteiger partial charge in [0.1, 0.15) is 24.6 Å². The van der Waals surface area contributed by atoms with Gasteiger partial charge in [-0.25, -0.2) is 0 Å². The van der Waals surface area contributed by atoms with Gasteiger partial charge >= 0.3 is 0 Å². The van der Waals surface area contributed by atoms with Crippen molar-refractivity contribution >= 4 is 11.4 Å². The first kappa shape index (κ1) is 23.4. The number of nitrogens with one attached hydrogen (secondary N) is 1. The van der Waals surface area contributed by atoms with Gasteiger partial charge in [0.25, 0.3) is 5.56 Å². The van der Waals surface area contributed by atoms with Crippen LogP contribution in [0.5, 0.6) is 5.88 Å². The summed E-state index contributed by atoms with van der Waals surface area (Å²) in [6.45, 7) is 10.6. The molecule has 1 aliphatic rings. The lowest BCUT2D eigenvalue weighted by Gasteiger charge is -2.22. The Kier molecular flexibility index (Phi) is 7.61. The maximum absolute atomic E-state index is 11.8. The Labute approximate surface area is 187 Å². The fraction of sp³-hybridized carbons (Fsp3) is 0.522. The van der Waals surface area contributed by atoms with E-state index in [1.165, 1.54) is 11.6 Å². The smallest absolute Gasteiger partial charge is 0.255 e. The van der Waals surface area contributed by atoms with Gasteiger partial charge in [-0.3, -0.25) is 9.78 Å². The number of H-pyrrole nitrogens is 1. The Bertz CT molecular complexity index is 1060. The summed E-state index contributed by atoms with van der Waals surface area (Å²) in [5, 5.41) is 8.46. The van der Waals surface area contributed by atoms with E-state index in [9.17, 15) is 4.79 Å². The molecule has 1 N–H and O–H groups in total. The van der Waals surface area contributed by atoms with Crippen LogP contribution in [-0.2, 0) is 16.1 Å². The van der Waals surface area contributed by atoms with Gasteiger partial charge in [-0.15, -0.1) is 0 Å². The van der Waals surface area contributed by atoms with Crippen molar-refractivity contribution in [3.05, 3.63) is 51.3 Å². The zero-order valence-corrected chi connectivity index (χ0v) is 19.4. The van der Waals surface area contributed by atoms with E-state index in [1.54, 1.807) is 6.92 Å². The second-order valence-corrected chi connectivity index (χ2v) is 8.60. The number of pyridine rings is 1. The Morgan fingerprint density at radius 2 is 1.97 bits per heavy atom. The van der Waals surface area contributed by atoms with E-state index in [0.29, 0.717) is 31.4 Å². The molecule has 9 heteroatoms. The van der Waals surface area contributed by atoms with Crippen molar-refractivity contribution in [2.75, 3.05) is 19.8 Å². The first-order valence-electron chi connectivity index (χ1n) is 10.8. The van der Waals surface area contributed by atoms with Crippen molar-refractivity contribution < 1.29 is 14.4 Å². The Hall–Kier alpha value is -3.23. The van der Waals surface area contributed by atoms with E-state index >= 15 is 0 Å². The molecule has 0 unspecified atom stereocenters. The average molecular weight is 442 g/mol. The summed E-state index contributed by atoms with van der Waals surface area (Å²) < 4.78 is 5.30. The number of oxime groups is 2. The maximum atomic E-state index is 11.8. The van der Waals surface area contributed by atoms with Crippen LogP contribution >= 0.6 is 0 Å². The van der Waals surface area contributed by atoms with E-state index in [1.807, 2.05) is 33.8 Å². The summed E-state index contributed by atoms with van der Waals surface area (Å²) in [5.74, 6) is 0.558. The third kappa shape index (κ3) is 6.38. The maximum Gasteiger partial charge on any atom is 0.255 e. The molecule has 2 aromatic rings. The number of aryl methyl sites for hydroxylation is 2. The van der Waals surface area contributed by atoms with E-state index in [2.05, 4.69) is 31.3 Å². The van der Waals surface area contributed by atoms with E-state index in [0.717, 1.165) is 36.4 Å². The first-order valence-corrected chi connectivity index (χ1v) is 10.8. The number of nitrogens with zero attached hydrogens (tertiary/aromatic N) is 4. The predicted octanol–water partition coefficient (Wildman–Crippen LogP) is 3.40. The highest BCUT2D eigenvalue weighted by Crippen LogP contribution is 2.22.